The lowest BCUT2D eigenvalue weighted by atomic mass is 9.79. The first-order valence-electron chi connectivity index (χ1n) is 6.17. The first kappa shape index (κ1) is 12.6. The molecule has 0 saturated heterocycles. The summed E-state index contributed by atoms with van der Waals surface area (Å²) in [5.41, 5.74) is 0. The predicted molar refractivity (Wildman–Crippen MR) is 71.4 cm³/mol. The van der Waals surface area contributed by atoms with Gasteiger partial charge in [-0.3, -0.25) is 4.79 Å². The highest BCUT2D eigenvalue weighted by atomic mass is 32.1. The Morgan fingerprint density at radius 1 is 1.00 bits per heavy atom. The highest BCUT2D eigenvalue weighted by Gasteiger charge is 2.41. The molecule has 0 spiro atoms. The maximum Gasteiger partial charge on any atom is 0.307 e. The van der Waals surface area contributed by atoms with Gasteiger partial charge in [-0.1, -0.05) is 0 Å². The maximum absolute atomic E-state index is 11.4. The van der Waals surface area contributed by atoms with E-state index in [1.807, 2.05) is 0 Å². The highest BCUT2D eigenvalue weighted by Crippen LogP contribution is 2.43. The topological polar surface area (TPSA) is 37.3 Å². The van der Waals surface area contributed by atoms with Crippen LogP contribution in [0.15, 0.2) is 0 Å². The van der Waals surface area contributed by atoms with Crippen LogP contribution in [0.4, 0.5) is 0 Å². The van der Waals surface area contributed by atoms with E-state index in [-0.39, 0.29) is 5.92 Å². The summed E-state index contributed by atoms with van der Waals surface area (Å²) in [6.45, 7) is 0. The number of hydrogen-bond acceptors (Lipinski definition) is 3. The summed E-state index contributed by atoms with van der Waals surface area (Å²) in [6, 6.07) is 0. The molecule has 2 fully saturated rings. The number of carboxylic acid groups (broad SMARTS) is 1. The van der Waals surface area contributed by atoms with Gasteiger partial charge in [-0.2, -0.15) is 25.3 Å². The van der Waals surface area contributed by atoms with E-state index in [2.05, 4.69) is 25.3 Å². The third-order valence-corrected chi connectivity index (χ3v) is 5.13. The van der Waals surface area contributed by atoms with Crippen molar-refractivity contribution in [2.24, 2.45) is 17.8 Å². The number of hydrogen-bond donors (Lipinski definition) is 3. The Labute approximate surface area is 108 Å². The van der Waals surface area contributed by atoms with Crippen LogP contribution in [-0.4, -0.2) is 21.6 Å². The second-order valence-corrected chi connectivity index (χ2v) is 6.78. The van der Waals surface area contributed by atoms with Gasteiger partial charge in [0.25, 0.3) is 0 Å². The summed E-state index contributed by atoms with van der Waals surface area (Å²) in [4.78, 5) is 11.4. The number of carbonyl (C=O) groups is 1. The molecule has 0 heterocycles. The lowest BCUT2D eigenvalue weighted by Crippen LogP contribution is -2.29. The molecule has 2 aliphatic carbocycles. The number of carboxylic acids is 1. The van der Waals surface area contributed by atoms with Gasteiger partial charge in [0.1, 0.15) is 0 Å². The molecule has 16 heavy (non-hydrogen) atoms. The van der Waals surface area contributed by atoms with Crippen LogP contribution in [0.3, 0.4) is 0 Å². The van der Waals surface area contributed by atoms with E-state index in [0.29, 0.717) is 22.3 Å². The Morgan fingerprint density at radius 3 is 1.69 bits per heavy atom. The molecule has 0 aromatic carbocycles. The summed E-state index contributed by atoms with van der Waals surface area (Å²) in [6.07, 6.45) is 6.20. The number of aliphatic carboxylic acids is 1. The summed E-state index contributed by atoms with van der Waals surface area (Å²) in [5.74, 6) is -0.0403. The van der Waals surface area contributed by atoms with Crippen molar-refractivity contribution in [2.45, 2.75) is 49.0 Å². The molecule has 0 aliphatic heterocycles. The third-order valence-electron chi connectivity index (χ3n) is 4.19. The van der Waals surface area contributed by atoms with Crippen molar-refractivity contribution in [3.63, 3.8) is 0 Å². The Balaban J connectivity index is 2.02. The second kappa shape index (κ2) is 5.21. The van der Waals surface area contributed by atoms with Gasteiger partial charge in [-0.15, -0.1) is 0 Å². The van der Waals surface area contributed by atoms with Gasteiger partial charge >= 0.3 is 5.97 Å². The maximum atomic E-state index is 11.4. The van der Waals surface area contributed by atoms with E-state index in [9.17, 15) is 9.90 Å². The van der Waals surface area contributed by atoms with Crippen LogP contribution < -0.4 is 0 Å². The monoisotopic (exact) mass is 260 g/mol. The second-order valence-electron chi connectivity index (χ2n) is 5.32. The zero-order valence-electron chi connectivity index (χ0n) is 9.38. The standard InChI is InChI=1S/C12H20O2S2/c13-12(14)11(7-1-3-9(15)5-7)8-2-4-10(16)6-8/h7-11,15-16H,1-6H2,(H,13,14). The minimum Gasteiger partial charge on any atom is -0.481 e. The van der Waals surface area contributed by atoms with E-state index in [4.69, 9.17) is 0 Å². The van der Waals surface area contributed by atoms with E-state index < -0.39 is 5.97 Å². The van der Waals surface area contributed by atoms with Crippen molar-refractivity contribution in [3.05, 3.63) is 0 Å². The molecule has 2 saturated carbocycles. The largest absolute Gasteiger partial charge is 0.481 e. The van der Waals surface area contributed by atoms with Gasteiger partial charge in [0.2, 0.25) is 0 Å². The number of rotatable bonds is 3. The van der Waals surface area contributed by atoms with Crippen LogP contribution in [0.1, 0.15) is 38.5 Å². The van der Waals surface area contributed by atoms with Gasteiger partial charge in [-0.25, -0.2) is 0 Å². The lowest BCUT2D eigenvalue weighted by molar-refractivity contribution is -0.146. The fraction of sp³-hybridized carbons (Fsp3) is 0.917. The van der Waals surface area contributed by atoms with Crippen molar-refractivity contribution in [1.82, 2.24) is 0 Å². The third kappa shape index (κ3) is 2.70. The van der Waals surface area contributed by atoms with Gasteiger partial charge in [-0.05, 0) is 50.4 Å². The van der Waals surface area contributed by atoms with Crippen molar-refractivity contribution in [3.8, 4) is 0 Å². The number of thiol groups is 2. The molecule has 2 nitrogen and oxygen atoms in total. The van der Waals surface area contributed by atoms with Gasteiger partial charge in [0.15, 0.2) is 0 Å². The van der Waals surface area contributed by atoms with Gasteiger partial charge < -0.3 is 5.11 Å². The molecule has 2 aliphatic rings. The molecule has 2 rings (SSSR count). The molecule has 4 unspecified atom stereocenters. The SMILES string of the molecule is O=C(O)C(C1CCC(S)C1)C1CCC(S)C1. The minimum atomic E-state index is -0.597. The van der Waals surface area contributed by atoms with Gasteiger partial charge in [0.05, 0.1) is 5.92 Å². The fourth-order valence-corrected chi connectivity index (χ4v) is 4.26. The molecule has 0 aromatic rings. The molecular weight excluding hydrogens is 240 g/mol. The molecule has 0 amide bonds. The summed E-state index contributed by atoms with van der Waals surface area (Å²) < 4.78 is 0. The zero-order chi connectivity index (χ0) is 11.7. The van der Waals surface area contributed by atoms with Gasteiger partial charge in [0, 0.05) is 10.5 Å². The van der Waals surface area contributed by atoms with Crippen molar-refractivity contribution in [1.29, 1.82) is 0 Å². The quantitative estimate of drug-likeness (QED) is 0.683. The Bertz CT molecular complexity index is 250. The van der Waals surface area contributed by atoms with Crippen molar-refractivity contribution in [2.75, 3.05) is 0 Å². The van der Waals surface area contributed by atoms with Crippen LogP contribution in [0, 0.1) is 17.8 Å². The molecular formula is C12H20O2S2. The molecule has 92 valence electrons. The Morgan fingerprint density at radius 2 is 1.44 bits per heavy atom. The summed E-state index contributed by atoms with van der Waals surface area (Å²) in [5, 5.41) is 10.3. The first-order valence-corrected chi connectivity index (χ1v) is 7.20. The average Bonchev–Trinajstić information content (AvgIpc) is 2.76. The molecule has 1 N–H and O–H groups in total. The normalized spacial score (nSPS) is 41.1. The van der Waals surface area contributed by atoms with Crippen LogP contribution in [0.5, 0.6) is 0 Å². The first-order chi connectivity index (χ1) is 7.58. The molecule has 0 bridgehead atoms. The van der Waals surface area contributed by atoms with E-state index >= 15 is 0 Å². The Hall–Kier alpha value is 0.170. The van der Waals surface area contributed by atoms with Crippen LogP contribution in [0.25, 0.3) is 0 Å². The smallest absolute Gasteiger partial charge is 0.307 e. The fourth-order valence-electron chi connectivity index (χ4n) is 3.42. The van der Waals surface area contributed by atoms with E-state index in [0.717, 1.165) is 38.5 Å². The summed E-state index contributed by atoms with van der Waals surface area (Å²) >= 11 is 8.93. The molecule has 0 radical (unpaired) electrons. The van der Waals surface area contributed by atoms with Crippen LogP contribution >= 0.6 is 25.3 Å². The van der Waals surface area contributed by atoms with Crippen molar-refractivity contribution >= 4 is 31.2 Å². The zero-order valence-corrected chi connectivity index (χ0v) is 11.2. The van der Waals surface area contributed by atoms with E-state index in [1.165, 1.54) is 0 Å². The molecule has 4 heteroatoms. The van der Waals surface area contributed by atoms with Crippen molar-refractivity contribution < 1.29 is 9.90 Å². The average molecular weight is 260 g/mol. The Kier molecular flexibility index (Phi) is 4.11. The highest BCUT2D eigenvalue weighted by molar-refractivity contribution is 7.81. The minimum absolute atomic E-state index is 0.144. The van der Waals surface area contributed by atoms with E-state index in [1.54, 1.807) is 0 Å². The predicted octanol–water partition coefficient (Wildman–Crippen LogP) is 2.88. The lowest BCUT2D eigenvalue weighted by Gasteiger charge is -2.25. The van der Waals surface area contributed by atoms with Crippen LogP contribution in [-0.2, 0) is 4.79 Å². The summed E-state index contributed by atoms with van der Waals surface area (Å²) in [7, 11) is 0. The molecule has 4 atom stereocenters. The van der Waals surface area contributed by atoms with Crippen LogP contribution in [0.2, 0.25) is 0 Å². The molecule has 0 aromatic heterocycles.